The molecule has 1 N–H and O–H groups in total. The van der Waals surface area contributed by atoms with Crippen molar-refractivity contribution < 1.29 is 19.1 Å². The maximum Gasteiger partial charge on any atom is 0.347 e. The Hall–Kier alpha value is -1.95. The van der Waals surface area contributed by atoms with E-state index in [-0.39, 0.29) is 15.7 Å². The number of carbonyl (C=O) groups is 2. The van der Waals surface area contributed by atoms with Gasteiger partial charge >= 0.3 is 5.97 Å². The van der Waals surface area contributed by atoms with Gasteiger partial charge in [-0.25, -0.2) is 4.79 Å². The molecule has 0 unspecified atom stereocenters. The smallest absolute Gasteiger partial charge is 0.347 e. The summed E-state index contributed by atoms with van der Waals surface area (Å²) in [6, 6.07) is 11.7. The average molecular weight is 403 g/mol. The van der Waals surface area contributed by atoms with E-state index in [1.807, 2.05) is 6.07 Å². The van der Waals surface area contributed by atoms with Crippen LogP contribution in [-0.2, 0) is 14.3 Å². The van der Waals surface area contributed by atoms with Crippen LogP contribution in [0.4, 0.5) is 5.69 Å². The highest BCUT2D eigenvalue weighted by Gasteiger charge is 2.18. The van der Waals surface area contributed by atoms with E-state index in [1.165, 1.54) is 19.1 Å². The summed E-state index contributed by atoms with van der Waals surface area (Å²) in [5, 5.41) is 3.17. The minimum absolute atomic E-state index is 0.179. The van der Waals surface area contributed by atoms with Crippen molar-refractivity contribution in [3.8, 4) is 5.75 Å². The Morgan fingerprint density at radius 2 is 1.68 bits per heavy atom. The average Bonchev–Trinajstić information content (AvgIpc) is 2.56. The first-order valence-electron chi connectivity index (χ1n) is 7.19. The minimum atomic E-state index is -0.863. The van der Waals surface area contributed by atoms with E-state index in [0.717, 1.165) is 0 Å². The Morgan fingerprint density at radius 3 is 2.28 bits per heavy atom. The van der Waals surface area contributed by atoms with Crippen molar-refractivity contribution in [2.75, 3.05) is 11.9 Å². The molecule has 0 radical (unpaired) electrons. The van der Waals surface area contributed by atoms with E-state index in [0.29, 0.717) is 10.8 Å². The number of ether oxygens (including phenoxy) is 2. The van der Waals surface area contributed by atoms with Crippen LogP contribution in [0, 0.1) is 0 Å². The maximum absolute atomic E-state index is 11.9. The highest BCUT2D eigenvalue weighted by Crippen LogP contribution is 2.33. The zero-order valence-electron chi connectivity index (χ0n) is 13.1. The highest BCUT2D eigenvalue weighted by atomic mass is 35.5. The number of hydrogen-bond acceptors (Lipinski definition) is 4. The normalized spacial score (nSPS) is 11.5. The van der Waals surface area contributed by atoms with E-state index >= 15 is 0 Å². The van der Waals surface area contributed by atoms with Crippen molar-refractivity contribution in [1.82, 2.24) is 0 Å². The number of benzene rings is 2. The van der Waals surface area contributed by atoms with Crippen LogP contribution in [0.2, 0.25) is 15.1 Å². The van der Waals surface area contributed by atoms with Crippen LogP contribution in [0.1, 0.15) is 6.92 Å². The molecule has 2 rings (SSSR count). The lowest BCUT2D eigenvalue weighted by Gasteiger charge is -2.14. The molecule has 0 fully saturated rings. The van der Waals surface area contributed by atoms with Crippen LogP contribution < -0.4 is 10.1 Å². The van der Waals surface area contributed by atoms with Crippen LogP contribution in [0.15, 0.2) is 42.5 Å². The first-order valence-corrected chi connectivity index (χ1v) is 8.33. The summed E-state index contributed by atoms with van der Waals surface area (Å²) in [7, 11) is 0. The number of esters is 1. The monoisotopic (exact) mass is 401 g/mol. The largest absolute Gasteiger partial charge is 0.479 e. The lowest BCUT2D eigenvalue weighted by molar-refractivity contribution is -0.153. The molecule has 1 amide bonds. The van der Waals surface area contributed by atoms with Crippen LogP contribution in [0.25, 0.3) is 0 Å². The SMILES string of the molecule is C[C@@H](Oc1ccccc1)C(=O)OCC(=O)Nc1c(Cl)cc(Cl)cc1Cl. The summed E-state index contributed by atoms with van der Waals surface area (Å²) in [6.45, 7) is 1.02. The summed E-state index contributed by atoms with van der Waals surface area (Å²) in [6.07, 6.45) is -0.863. The van der Waals surface area contributed by atoms with Gasteiger partial charge in [-0.05, 0) is 31.2 Å². The quantitative estimate of drug-likeness (QED) is 0.717. The zero-order valence-corrected chi connectivity index (χ0v) is 15.4. The van der Waals surface area contributed by atoms with Gasteiger partial charge in [-0.3, -0.25) is 4.79 Å². The summed E-state index contributed by atoms with van der Waals surface area (Å²) in [5.74, 6) is -0.741. The Morgan fingerprint density at radius 1 is 1.08 bits per heavy atom. The number of amides is 1. The number of rotatable bonds is 6. The fraction of sp³-hybridized carbons (Fsp3) is 0.176. The number of carbonyl (C=O) groups excluding carboxylic acids is 2. The van der Waals surface area contributed by atoms with Gasteiger partial charge in [0.05, 0.1) is 15.7 Å². The molecule has 5 nitrogen and oxygen atoms in total. The van der Waals surface area contributed by atoms with Gasteiger partial charge in [0.2, 0.25) is 0 Å². The fourth-order valence-electron chi connectivity index (χ4n) is 1.84. The molecule has 0 aliphatic heterocycles. The molecule has 8 heteroatoms. The third-order valence-electron chi connectivity index (χ3n) is 3.00. The van der Waals surface area contributed by atoms with E-state index in [2.05, 4.69) is 5.32 Å². The van der Waals surface area contributed by atoms with Crippen molar-refractivity contribution in [3.05, 3.63) is 57.5 Å². The van der Waals surface area contributed by atoms with Crippen molar-refractivity contribution in [3.63, 3.8) is 0 Å². The van der Waals surface area contributed by atoms with Gasteiger partial charge in [-0.2, -0.15) is 0 Å². The number of nitrogens with one attached hydrogen (secondary N) is 1. The molecule has 2 aromatic carbocycles. The van der Waals surface area contributed by atoms with Crippen LogP contribution in [0.3, 0.4) is 0 Å². The number of para-hydroxylation sites is 1. The third-order valence-corrected chi connectivity index (χ3v) is 3.82. The highest BCUT2D eigenvalue weighted by molar-refractivity contribution is 6.42. The molecule has 0 aliphatic carbocycles. The number of anilines is 1. The van der Waals surface area contributed by atoms with E-state index in [4.69, 9.17) is 44.3 Å². The molecule has 1 atom stereocenters. The molecule has 25 heavy (non-hydrogen) atoms. The number of hydrogen-bond donors (Lipinski definition) is 1. The fourth-order valence-corrected chi connectivity index (χ4v) is 2.75. The molecular weight excluding hydrogens is 389 g/mol. The molecule has 0 saturated heterocycles. The lowest BCUT2D eigenvalue weighted by atomic mass is 10.3. The predicted octanol–water partition coefficient (Wildman–Crippen LogP) is 4.60. The van der Waals surface area contributed by atoms with Crippen molar-refractivity contribution in [2.24, 2.45) is 0 Å². The first-order chi connectivity index (χ1) is 11.9. The molecule has 0 heterocycles. The van der Waals surface area contributed by atoms with E-state index in [1.54, 1.807) is 24.3 Å². The van der Waals surface area contributed by atoms with Crippen LogP contribution >= 0.6 is 34.8 Å². The topological polar surface area (TPSA) is 64.6 Å². The second-order valence-corrected chi connectivity index (χ2v) is 6.22. The standard InChI is InChI=1S/C17H14Cl3NO4/c1-10(25-12-5-3-2-4-6-12)17(23)24-9-15(22)21-16-13(19)7-11(18)8-14(16)20/h2-8,10H,9H2,1H3,(H,21,22)/t10-/m1/s1. The van der Waals surface area contributed by atoms with Crippen molar-refractivity contribution in [1.29, 1.82) is 0 Å². The molecule has 2 aromatic rings. The van der Waals surface area contributed by atoms with E-state index in [9.17, 15) is 9.59 Å². The molecule has 132 valence electrons. The Balaban J connectivity index is 1.86. The first kappa shape index (κ1) is 19.4. The van der Waals surface area contributed by atoms with Crippen molar-refractivity contribution in [2.45, 2.75) is 13.0 Å². The predicted molar refractivity (Wildman–Crippen MR) is 97.6 cm³/mol. The van der Waals surface area contributed by atoms with Crippen LogP contribution in [0.5, 0.6) is 5.75 Å². The zero-order chi connectivity index (χ0) is 18.4. The van der Waals surface area contributed by atoms with Gasteiger partial charge in [0.1, 0.15) is 5.75 Å². The molecule has 0 spiro atoms. The molecule has 0 bridgehead atoms. The Kier molecular flexibility index (Phi) is 6.93. The summed E-state index contributed by atoms with van der Waals surface area (Å²) >= 11 is 17.7. The second kappa shape index (κ2) is 8.94. The molecule has 0 aliphatic rings. The van der Waals surface area contributed by atoms with Crippen molar-refractivity contribution >= 4 is 52.4 Å². The third kappa shape index (κ3) is 5.81. The summed E-state index contributed by atoms with van der Waals surface area (Å²) in [5.41, 5.74) is 0.197. The van der Waals surface area contributed by atoms with Crippen LogP contribution in [-0.4, -0.2) is 24.6 Å². The van der Waals surface area contributed by atoms with Gasteiger partial charge in [0.25, 0.3) is 5.91 Å². The Labute approximate surface area is 159 Å². The lowest BCUT2D eigenvalue weighted by Crippen LogP contribution is -2.29. The Bertz CT molecular complexity index is 745. The van der Waals surface area contributed by atoms with Gasteiger partial charge in [0.15, 0.2) is 12.7 Å². The molecule has 0 saturated carbocycles. The molecule has 0 aromatic heterocycles. The van der Waals surface area contributed by atoms with Gasteiger partial charge in [0, 0.05) is 5.02 Å². The maximum atomic E-state index is 11.9. The van der Waals surface area contributed by atoms with Gasteiger partial charge < -0.3 is 14.8 Å². The molecular formula is C17H14Cl3NO4. The second-order valence-electron chi connectivity index (χ2n) is 4.97. The minimum Gasteiger partial charge on any atom is -0.479 e. The summed E-state index contributed by atoms with van der Waals surface area (Å²) in [4.78, 5) is 23.8. The van der Waals surface area contributed by atoms with E-state index < -0.39 is 24.6 Å². The van der Waals surface area contributed by atoms with Gasteiger partial charge in [-0.15, -0.1) is 0 Å². The summed E-state index contributed by atoms with van der Waals surface area (Å²) < 4.78 is 10.3. The van der Waals surface area contributed by atoms with Gasteiger partial charge in [-0.1, -0.05) is 53.0 Å². The number of halogens is 3.